The Labute approximate surface area is 603 Å². The summed E-state index contributed by atoms with van der Waals surface area (Å²) in [7, 11) is -0.521. The third kappa shape index (κ3) is 24.4. The number of H-pyrrole nitrogens is 1. The van der Waals surface area contributed by atoms with Crippen LogP contribution in [0.2, 0.25) is 13.1 Å². The van der Waals surface area contributed by atoms with E-state index in [1.807, 2.05) is 147 Å². The number of aryl methyl sites for hydroxylation is 2. The van der Waals surface area contributed by atoms with Crippen LogP contribution in [0, 0.1) is 13.5 Å². The molecule has 0 radical (unpaired) electrons. The first-order chi connectivity index (χ1) is 48.5. The number of nitrogens with zero attached hydrogens (tertiary/aromatic N) is 8. The van der Waals surface area contributed by atoms with Crippen LogP contribution in [-0.4, -0.2) is 84.5 Å². The molecule has 1 atom stereocenters. The molecule has 0 aliphatic rings. The van der Waals surface area contributed by atoms with Crippen molar-refractivity contribution in [2.24, 2.45) is 0 Å². The van der Waals surface area contributed by atoms with Crippen LogP contribution < -0.4 is 15.2 Å². The second-order valence-corrected chi connectivity index (χ2v) is 29.5. The lowest BCUT2D eigenvalue weighted by Gasteiger charge is -2.25. The first kappa shape index (κ1) is 78.4. The molecule has 12 rings (SSSR count). The highest BCUT2D eigenvalue weighted by atomic mass is 79.9. The molecule has 100 heavy (non-hydrogen) atoms. The summed E-state index contributed by atoms with van der Waals surface area (Å²) in [4.78, 5) is 79.9. The SMILES string of the molecule is Brc1ccccc1Cc1ccncc1.C=Cc1ccncc1C(C)O.CC(=O)c1cnccc1-c1ccccc1.CCCCc1ccnc(SC)c1.COC(=O)c1cnccc1[Si](C)(C)c1ccccc1.O=Cc1cnccc1-c1ccccc1.[C-]#[N+]c1cnccc1-c1sc(=O)[nH]c1C. The number of halogens is 1. The van der Waals surface area contributed by atoms with Crippen LogP contribution >= 0.6 is 39.0 Å². The van der Waals surface area contributed by atoms with E-state index in [0.717, 1.165) is 88.2 Å². The van der Waals surface area contributed by atoms with Gasteiger partial charge in [0.25, 0.3) is 0 Å². The number of aromatic nitrogens is 8. The van der Waals surface area contributed by atoms with Crippen LogP contribution in [0.3, 0.4) is 0 Å². The lowest BCUT2D eigenvalue weighted by molar-refractivity contribution is 0.0601. The molecule has 0 fully saturated rings. The van der Waals surface area contributed by atoms with Gasteiger partial charge in [-0.15, -0.1) is 11.8 Å². The maximum absolute atomic E-state index is 11.9. The number of aliphatic hydroxyl groups is 1. The fraction of sp³-hybridized carbons (Fsp3) is 0.160. The van der Waals surface area contributed by atoms with E-state index in [1.54, 1.807) is 93.5 Å². The minimum Gasteiger partial charge on any atom is -0.465 e. The molecule has 0 saturated heterocycles. The lowest BCUT2D eigenvalue weighted by Crippen LogP contribution is -2.54. The highest BCUT2D eigenvalue weighted by molar-refractivity contribution is 9.10. The number of aliphatic hydroxyl groups excluding tert-OH is 1. The van der Waals surface area contributed by atoms with Crippen molar-refractivity contribution in [2.45, 2.75) is 77.6 Å². The number of ketones is 1. The summed E-state index contributed by atoms with van der Waals surface area (Å²) < 4.78 is 6.01. The average molecular weight is 1450 g/mol. The third-order valence-corrected chi connectivity index (χ3v) is 21.2. The summed E-state index contributed by atoms with van der Waals surface area (Å²) >= 11 is 6.36. The molecular weight excluding hydrogens is 1370 g/mol. The molecule has 0 bridgehead atoms. The van der Waals surface area contributed by atoms with Crippen molar-refractivity contribution in [1.29, 1.82) is 0 Å². The van der Waals surface area contributed by atoms with E-state index in [2.05, 4.69) is 136 Å². The van der Waals surface area contributed by atoms with Crippen molar-refractivity contribution in [3.05, 3.63) is 333 Å². The molecule has 8 aromatic heterocycles. The first-order valence-electron chi connectivity index (χ1n) is 31.9. The van der Waals surface area contributed by atoms with Gasteiger partial charge in [0.1, 0.15) is 8.07 Å². The summed E-state index contributed by atoms with van der Waals surface area (Å²) in [5, 5.41) is 12.7. The van der Waals surface area contributed by atoms with Gasteiger partial charge in [-0.1, -0.05) is 181 Å². The molecule has 508 valence electrons. The summed E-state index contributed by atoms with van der Waals surface area (Å²) in [6, 6.07) is 55.8. The Hall–Kier alpha value is -10.6. The van der Waals surface area contributed by atoms with Crippen LogP contribution in [0.5, 0.6) is 0 Å². The smallest absolute Gasteiger partial charge is 0.339 e. The molecule has 15 nitrogen and oxygen atoms in total. The number of rotatable bonds is 16. The predicted molar refractivity (Wildman–Crippen MR) is 413 cm³/mol. The molecule has 0 saturated carbocycles. The Morgan fingerprint density at radius 2 is 1.25 bits per heavy atom. The molecule has 8 heterocycles. The van der Waals surface area contributed by atoms with Crippen LogP contribution in [0.25, 0.3) is 43.6 Å². The minimum atomic E-state index is -1.92. The standard InChI is InChI=1S/C15H17NO2Si.C13H11NO.C12H10BrN.C12H9NO.C10H7N3OS.C10H15NS.C9H11NO/c1-18-15(17)13-11-16-10-9-14(13)19(2,3)12-7-5-4-6-8-12;1-10(15)13-9-14-8-7-12(13)11-5-3-2-4-6-11;13-12-4-2-1-3-11(12)9-10-5-7-14-8-6-10;14-9-11-8-13-7-6-12(11)10-4-2-1-3-5-10;1-6-9(15-10(14)13-6)7-3-4-12-5-8(7)11-2;1-3-4-5-9-6-7-11-10(8-9)12-2;1-3-8-4-5-10-6-9(8)7(2)11/h4-11H,1-3H3;2-9H,1H3;1-8H,9H2;1-9H;3-5H,1H3,(H,13,14);6-8H,3-5H2,1-2H3;3-7,11H,1H2,2H3. The molecule has 12 aromatic rings. The number of Topliss-reactive ketones (excluding diaryl/α,β-unsaturated/α-hetero) is 1. The number of unbranched alkanes of at least 4 members (excludes halogenated alkanes) is 1. The normalized spacial score (nSPS) is 10.4. The lowest BCUT2D eigenvalue weighted by atomic mass is 10.00. The fourth-order valence-corrected chi connectivity index (χ4v) is 14.3. The van der Waals surface area contributed by atoms with E-state index in [4.69, 9.17) is 11.3 Å². The predicted octanol–water partition coefficient (Wildman–Crippen LogP) is 17.9. The summed E-state index contributed by atoms with van der Waals surface area (Å²) in [6.45, 7) is 22.4. The monoisotopic (exact) mass is 1450 g/mol. The topological polar surface area (TPSA) is 208 Å². The zero-order chi connectivity index (χ0) is 72.1. The zero-order valence-electron chi connectivity index (χ0n) is 57.2. The van der Waals surface area contributed by atoms with E-state index in [-0.39, 0.29) is 16.6 Å². The molecule has 0 aliphatic heterocycles. The Morgan fingerprint density at radius 1 is 0.700 bits per heavy atom. The second kappa shape index (κ2) is 42.3. The Balaban J connectivity index is 0.000000185. The van der Waals surface area contributed by atoms with Crippen molar-refractivity contribution in [2.75, 3.05) is 13.4 Å². The van der Waals surface area contributed by atoms with Gasteiger partial charge in [-0.2, -0.15) is 0 Å². The average Bonchev–Trinajstić information content (AvgIpc) is 0.964. The molecule has 2 N–H and O–H groups in total. The van der Waals surface area contributed by atoms with Crippen LogP contribution in [-0.2, 0) is 17.6 Å². The molecule has 0 spiro atoms. The molecule has 1 unspecified atom stereocenters. The number of thiazole rings is 1. The molecule has 0 aliphatic carbocycles. The number of nitrogens with one attached hydrogen (secondary N) is 1. The number of thioether (sulfide) groups is 1. The summed E-state index contributed by atoms with van der Waals surface area (Å²) in [5.41, 5.74) is 13.6. The van der Waals surface area contributed by atoms with Gasteiger partial charge < -0.3 is 14.8 Å². The van der Waals surface area contributed by atoms with Gasteiger partial charge in [-0.05, 0) is 157 Å². The highest BCUT2D eigenvalue weighted by Crippen LogP contribution is 2.33. The van der Waals surface area contributed by atoms with Gasteiger partial charge in [-0.25, -0.2) is 14.6 Å². The second-order valence-electron chi connectivity index (χ2n) is 22.5. The van der Waals surface area contributed by atoms with Gasteiger partial charge in [-0.3, -0.25) is 44.3 Å². The van der Waals surface area contributed by atoms with Crippen molar-refractivity contribution in [3.8, 4) is 32.7 Å². The number of carbonyl (C=O) groups is 3. The zero-order valence-corrected chi connectivity index (χ0v) is 61.4. The number of carbonyl (C=O) groups excluding carboxylic acids is 3. The summed E-state index contributed by atoms with van der Waals surface area (Å²) in [6.07, 6.45) is 30.7. The number of ether oxygens (including phenoxy) is 1. The molecule has 19 heteroatoms. The van der Waals surface area contributed by atoms with Gasteiger partial charge in [0.15, 0.2) is 12.1 Å². The number of methoxy groups -OCH3 is 1. The van der Waals surface area contributed by atoms with Gasteiger partial charge in [0, 0.05) is 118 Å². The number of aldehydes is 1. The fourth-order valence-electron chi connectivity index (χ4n) is 9.89. The van der Waals surface area contributed by atoms with E-state index >= 15 is 0 Å². The quantitative estimate of drug-likeness (QED) is 0.0230. The Morgan fingerprint density at radius 3 is 1.82 bits per heavy atom. The Kier molecular flexibility index (Phi) is 33.1. The number of aromatic amines is 1. The molecule has 4 aromatic carbocycles. The number of hydrogen-bond acceptors (Lipinski definition) is 15. The molecule has 0 amide bonds. The van der Waals surface area contributed by atoms with E-state index in [1.165, 1.54) is 54.4 Å². The van der Waals surface area contributed by atoms with Gasteiger partial charge in [0.05, 0.1) is 30.4 Å². The first-order valence-corrected chi connectivity index (χ1v) is 37.7. The van der Waals surface area contributed by atoms with E-state index in [9.17, 15) is 24.3 Å². The maximum Gasteiger partial charge on any atom is 0.339 e. The van der Waals surface area contributed by atoms with E-state index in [0.29, 0.717) is 22.4 Å². The number of esters is 1. The van der Waals surface area contributed by atoms with Crippen LogP contribution in [0.1, 0.15) is 104 Å². The van der Waals surface area contributed by atoms with Crippen molar-refractivity contribution in [3.63, 3.8) is 0 Å². The van der Waals surface area contributed by atoms with Crippen molar-refractivity contribution >= 4 is 87.3 Å². The van der Waals surface area contributed by atoms with Crippen LogP contribution in [0.15, 0.2) is 271 Å². The number of pyridine rings is 7. The Bertz CT molecular complexity index is 4620. The summed E-state index contributed by atoms with van der Waals surface area (Å²) in [5.74, 6) is -0.276. The molecular formula is C81H80BrN9O6S2Si. The minimum absolute atomic E-state index is 0.0435. The van der Waals surface area contributed by atoms with Crippen molar-refractivity contribution < 1.29 is 24.2 Å². The van der Waals surface area contributed by atoms with Gasteiger partial charge >= 0.3 is 10.8 Å². The highest BCUT2D eigenvalue weighted by Gasteiger charge is 2.30. The number of benzene rings is 4. The van der Waals surface area contributed by atoms with E-state index < -0.39 is 14.2 Å². The third-order valence-electron chi connectivity index (χ3n) is 15.2. The maximum atomic E-state index is 11.9. The van der Waals surface area contributed by atoms with Crippen LogP contribution in [0.4, 0.5) is 5.69 Å². The van der Waals surface area contributed by atoms with Crippen molar-refractivity contribution in [1.82, 2.24) is 39.9 Å². The number of hydrogen-bond donors (Lipinski definition) is 2. The largest absolute Gasteiger partial charge is 0.465 e. The van der Waals surface area contributed by atoms with Gasteiger partial charge in [0.2, 0.25) is 5.69 Å².